The average molecular weight is 251 g/mol. The molecule has 2 aromatic rings. The van der Waals surface area contributed by atoms with Crippen molar-refractivity contribution in [1.29, 1.82) is 0 Å². The smallest absolute Gasteiger partial charge is 0.294 e. The minimum absolute atomic E-state index is 0.0938. The van der Waals surface area contributed by atoms with Crippen molar-refractivity contribution in [3.8, 4) is 5.69 Å². The lowest BCUT2D eigenvalue weighted by molar-refractivity contribution is 0.483. The quantitative estimate of drug-likeness (QED) is 0.833. The van der Waals surface area contributed by atoms with E-state index in [1.165, 1.54) is 12.1 Å². The molecule has 0 unspecified atom stereocenters. The molecule has 1 heterocycles. The Balaban J connectivity index is 2.50. The summed E-state index contributed by atoms with van der Waals surface area (Å²) in [6, 6.07) is 10.1. The molecule has 0 saturated carbocycles. The van der Waals surface area contributed by atoms with Crippen LogP contribution in [0.25, 0.3) is 5.69 Å². The van der Waals surface area contributed by atoms with Crippen LogP contribution in [0.5, 0.6) is 0 Å². The van der Waals surface area contributed by atoms with E-state index in [4.69, 9.17) is 4.55 Å². The van der Waals surface area contributed by atoms with Gasteiger partial charge in [0.1, 0.15) is 0 Å². The molecular formula is C12H13NO3S. The maximum atomic E-state index is 10.9. The van der Waals surface area contributed by atoms with E-state index in [2.05, 4.69) is 0 Å². The van der Waals surface area contributed by atoms with Crippen molar-refractivity contribution < 1.29 is 13.0 Å². The molecule has 0 saturated heterocycles. The molecule has 17 heavy (non-hydrogen) atoms. The highest BCUT2D eigenvalue weighted by molar-refractivity contribution is 7.85. The first kappa shape index (κ1) is 11.9. The van der Waals surface area contributed by atoms with Gasteiger partial charge in [0.2, 0.25) is 0 Å². The molecule has 2 rings (SSSR count). The predicted molar refractivity (Wildman–Crippen MR) is 65.1 cm³/mol. The van der Waals surface area contributed by atoms with Crippen LogP contribution in [0, 0.1) is 13.8 Å². The lowest BCUT2D eigenvalue weighted by atomic mass is 10.3. The fourth-order valence-electron chi connectivity index (χ4n) is 1.84. The van der Waals surface area contributed by atoms with Gasteiger partial charge in [0.05, 0.1) is 4.90 Å². The number of rotatable bonds is 2. The summed E-state index contributed by atoms with van der Waals surface area (Å²) in [6.07, 6.45) is 0. The van der Waals surface area contributed by atoms with Crippen molar-refractivity contribution >= 4 is 10.1 Å². The summed E-state index contributed by atoms with van der Waals surface area (Å²) >= 11 is 0. The number of aromatic nitrogens is 1. The van der Waals surface area contributed by atoms with Crippen LogP contribution in [0.4, 0.5) is 0 Å². The van der Waals surface area contributed by atoms with Gasteiger partial charge in [0, 0.05) is 17.1 Å². The van der Waals surface area contributed by atoms with E-state index >= 15 is 0 Å². The molecule has 0 aliphatic carbocycles. The van der Waals surface area contributed by atoms with Gasteiger partial charge in [-0.1, -0.05) is 0 Å². The molecule has 90 valence electrons. The molecule has 0 bridgehead atoms. The van der Waals surface area contributed by atoms with Gasteiger partial charge in [0.25, 0.3) is 10.1 Å². The van der Waals surface area contributed by atoms with Gasteiger partial charge < -0.3 is 4.57 Å². The molecular weight excluding hydrogens is 238 g/mol. The summed E-state index contributed by atoms with van der Waals surface area (Å²) < 4.78 is 32.7. The van der Waals surface area contributed by atoms with Gasteiger partial charge in [-0.2, -0.15) is 8.42 Å². The first-order valence-electron chi connectivity index (χ1n) is 5.12. The third-order valence-corrected chi connectivity index (χ3v) is 3.53. The van der Waals surface area contributed by atoms with Crippen molar-refractivity contribution in [2.75, 3.05) is 0 Å². The number of hydrogen-bond acceptors (Lipinski definition) is 2. The minimum atomic E-state index is -4.12. The van der Waals surface area contributed by atoms with Crippen LogP contribution in [0.1, 0.15) is 11.4 Å². The number of benzene rings is 1. The fraction of sp³-hybridized carbons (Fsp3) is 0.167. The molecule has 0 amide bonds. The fourth-order valence-corrected chi connectivity index (χ4v) is 2.32. The maximum absolute atomic E-state index is 10.9. The first-order chi connectivity index (χ1) is 7.89. The van der Waals surface area contributed by atoms with Crippen molar-refractivity contribution in [2.45, 2.75) is 18.7 Å². The number of aryl methyl sites for hydroxylation is 2. The first-order valence-corrected chi connectivity index (χ1v) is 6.56. The van der Waals surface area contributed by atoms with Crippen LogP contribution in [-0.2, 0) is 10.1 Å². The predicted octanol–water partition coefficient (Wildman–Crippen LogP) is 2.34. The van der Waals surface area contributed by atoms with Gasteiger partial charge in [-0.15, -0.1) is 0 Å². The second-order valence-electron chi connectivity index (χ2n) is 3.92. The van der Waals surface area contributed by atoms with Crippen LogP contribution >= 0.6 is 0 Å². The van der Waals surface area contributed by atoms with Crippen LogP contribution in [0.3, 0.4) is 0 Å². The van der Waals surface area contributed by atoms with E-state index in [1.807, 2.05) is 30.5 Å². The van der Waals surface area contributed by atoms with Crippen molar-refractivity contribution in [2.24, 2.45) is 0 Å². The molecule has 5 heteroatoms. The van der Waals surface area contributed by atoms with Gasteiger partial charge in [-0.3, -0.25) is 4.55 Å². The summed E-state index contributed by atoms with van der Waals surface area (Å²) in [4.78, 5) is -0.0938. The monoisotopic (exact) mass is 251 g/mol. The zero-order valence-corrected chi connectivity index (χ0v) is 10.4. The molecule has 0 atom stereocenters. The number of hydrogen-bond donors (Lipinski definition) is 1. The lowest BCUT2D eigenvalue weighted by Gasteiger charge is -2.09. The van der Waals surface area contributed by atoms with Crippen LogP contribution in [-0.4, -0.2) is 17.5 Å². The molecule has 0 radical (unpaired) electrons. The Kier molecular flexibility index (Phi) is 2.81. The highest BCUT2D eigenvalue weighted by atomic mass is 32.2. The molecule has 0 spiro atoms. The van der Waals surface area contributed by atoms with Gasteiger partial charge >= 0.3 is 0 Å². The molecule has 0 aliphatic heterocycles. The van der Waals surface area contributed by atoms with Gasteiger partial charge in [-0.05, 0) is 50.2 Å². The SMILES string of the molecule is Cc1ccc(C)n1-c1ccc(S(=O)(=O)O)cc1. The highest BCUT2D eigenvalue weighted by Crippen LogP contribution is 2.18. The highest BCUT2D eigenvalue weighted by Gasteiger charge is 2.10. The third-order valence-electron chi connectivity index (χ3n) is 2.66. The second-order valence-corrected chi connectivity index (χ2v) is 5.34. The zero-order valence-electron chi connectivity index (χ0n) is 9.58. The molecule has 1 aromatic carbocycles. The number of nitrogens with zero attached hydrogens (tertiary/aromatic N) is 1. The van der Waals surface area contributed by atoms with Crippen LogP contribution in [0.2, 0.25) is 0 Å². The summed E-state index contributed by atoms with van der Waals surface area (Å²) in [5, 5.41) is 0. The van der Waals surface area contributed by atoms with E-state index in [1.54, 1.807) is 12.1 Å². The van der Waals surface area contributed by atoms with Crippen molar-refractivity contribution in [1.82, 2.24) is 4.57 Å². The second kappa shape index (κ2) is 4.01. The van der Waals surface area contributed by atoms with Gasteiger partial charge in [0.15, 0.2) is 0 Å². The Hall–Kier alpha value is -1.59. The summed E-state index contributed by atoms with van der Waals surface area (Å²) in [7, 11) is -4.12. The normalized spacial score (nSPS) is 11.7. The van der Waals surface area contributed by atoms with E-state index in [0.29, 0.717) is 0 Å². The summed E-state index contributed by atoms with van der Waals surface area (Å²) in [5.41, 5.74) is 3.02. The van der Waals surface area contributed by atoms with E-state index in [9.17, 15) is 8.42 Å². The van der Waals surface area contributed by atoms with E-state index in [-0.39, 0.29) is 4.90 Å². The Labute approximate surface area is 100 Å². The molecule has 0 fully saturated rings. The topological polar surface area (TPSA) is 59.3 Å². The van der Waals surface area contributed by atoms with Crippen molar-refractivity contribution in [3.05, 3.63) is 47.8 Å². The average Bonchev–Trinajstić information content (AvgIpc) is 2.58. The van der Waals surface area contributed by atoms with Crippen LogP contribution < -0.4 is 0 Å². The molecule has 0 aliphatic rings. The standard InChI is InChI=1S/C12H13NO3S/c1-9-3-4-10(2)13(9)11-5-7-12(8-6-11)17(14,15)16/h3-8H,1-2H3,(H,14,15,16). The molecule has 4 nitrogen and oxygen atoms in total. The summed E-state index contributed by atoms with van der Waals surface area (Å²) in [5.74, 6) is 0. The molecule has 1 N–H and O–H groups in total. The Morgan fingerprint density at radius 2 is 1.41 bits per heavy atom. The third kappa shape index (κ3) is 2.25. The largest absolute Gasteiger partial charge is 0.319 e. The Bertz CT molecular complexity index is 619. The van der Waals surface area contributed by atoms with Gasteiger partial charge in [-0.25, -0.2) is 0 Å². The Morgan fingerprint density at radius 3 is 1.82 bits per heavy atom. The van der Waals surface area contributed by atoms with Crippen molar-refractivity contribution in [3.63, 3.8) is 0 Å². The Morgan fingerprint density at radius 1 is 0.941 bits per heavy atom. The zero-order chi connectivity index (χ0) is 12.6. The lowest BCUT2D eigenvalue weighted by Crippen LogP contribution is -2.01. The minimum Gasteiger partial charge on any atom is -0.319 e. The summed E-state index contributed by atoms with van der Waals surface area (Å²) in [6.45, 7) is 3.95. The maximum Gasteiger partial charge on any atom is 0.294 e. The van der Waals surface area contributed by atoms with Crippen LogP contribution in [0.15, 0.2) is 41.3 Å². The van der Waals surface area contributed by atoms with E-state index < -0.39 is 10.1 Å². The molecule has 1 aromatic heterocycles. The van der Waals surface area contributed by atoms with E-state index in [0.717, 1.165) is 17.1 Å².